The molecule has 0 radical (unpaired) electrons. The number of hydrogen-bond donors (Lipinski definition) is 0. The second kappa shape index (κ2) is 3.52. The predicted molar refractivity (Wildman–Crippen MR) is 61.1 cm³/mol. The third-order valence-electron chi connectivity index (χ3n) is 2.87. The molecular formula is C11H15NO2S. The van der Waals surface area contributed by atoms with Gasteiger partial charge in [-0.3, -0.25) is 0 Å². The van der Waals surface area contributed by atoms with Crippen LogP contribution in [-0.4, -0.2) is 27.8 Å². The van der Waals surface area contributed by atoms with E-state index in [-0.39, 0.29) is 5.75 Å². The average molecular weight is 225 g/mol. The summed E-state index contributed by atoms with van der Waals surface area (Å²) in [6.07, 6.45) is 0.868. The highest BCUT2D eigenvalue weighted by Gasteiger charge is 2.26. The number of aryl methyl sites for hydroxylation is 1. The highest BCUT2D eigenvalue weighted by molar-refractivity contribution is 7.91. The minimum absolute atomic E-state index is 0.226. The molecule has 0 bridgehead atoms. The monoisotopic (exact) mass is 225 g/mol. The van der Waals surface area contributed by atoms with Crippen molar-refractivity contribution in [2.24, 2.45) is 0 Å². The lowest BCUT2D eigenvalue weighted by Gasteiger charge is -2.27. The standard InChI is InChI=1S/C11H15NO2S/c1-3-9-4-5-10-11(8-9)15(13,14)7-6-12(10)2/h4-5,8H,3,6-7H2,1-2H3. The predicted octanol–water partition coefficient (Wildman–Crippen LogP) is 1.47. The molecular weight excluding hydrogens is 210 g/mol. The second-order valence-corrected chi connectivity index (χ2v) is 5.97. The zero-order chi connectivity index (χ0) is 11.1. The van der Waals surface area contributed by atoms with Crippen LogP contribution in [0.15, 0.2) is 23.1 Å². The molecule has 0 aromatic heterocycles. The van der Waals surface area contributed by atoms with Crippen LogP contribution in [0.25, 0.3) is 0 Å². The van der Waals surface area contributed by atoms with Crippen molar-refractivity contribution in [3.8, 4) is 0 Å². The number of nitrogens with zero attached hydrogens (tertiary/aromatic N) is 1. The van der Waals surface area contributed by atoms with Crippen molar-refractivity contribution < 1.29 is 8.42 Å². The fourth-order valence-electron chi connectivity index (χ4n) is 1.83. The fourth-order valence-corrected chi connectivity index (χ4v) is 3.44. The Balaban J connectivity index is 2.64. The summed E-state index contributed by atoms with van der Waals surface area (Å²) < 4.78 is 23.7. The van der Waals surface area contributed by atoms with E-state index in [0.717, 1.165) is 17.7 Å². The van der Waals surface area contributed by atoms with Gasteiger partial charge in [0.25, 0.3) is 0 Å². The Morgan fingerprint density at radius 2 is 2.13 bits per heavy atom. The minimum atomic E-state index is -3.05. The molecule has 0 fully saturated rings. The van der Waals surface area contributed by atoms with Gasteiger partial charge in [-0.15, -0.1) is 0 Å². The molecule has 4 heteroatoms. The van der Waals surface area contributed by atoms with Crippen LogP contribution < -0.4 is 4.90 Å². The summed E-state index contributed by atoms with van der Waals surface area (Å²) in [6.45, 7) is 2.61. The van der Waals surface area contributed by atoms with Gasteiger partial charge in [-0.25, -0.2) is 8.42 Å². The number of anilines is 1. The van der Waals surface area contributed by atoms with Crippen molar-refractivity contribution in [1.29, 1.82) is 0 Å². The molecule has 0 atom stereocenters. The van der Waals surface area contributed by atoms with Crippen molar-refractivity contribution in [2.45, 2.75) is 18.2 Å². The van der Waals surface area contributed by atoms with Gasteiger partial charge in [0.1, 0.15) is 0 Å². The smallest absolute Gasteiger partial charge is 0.182 e. The molecule has 1 aromatic carbocycles. The maximum absolute atomic E-state index is 11.9. The molecule has 15 heavy (non-hydrogen) atoms. The van der Waals surface area contributed by atoms with E-state index in [9.17, 15) is 8.42 Å². The summed E-state index contributed by atoms with van der Waals surface area (Å²) in [6, 6.07) is 5.71. The molecule has 0 saturated carbocycles. The first-order valence-corrected chi connectivity index (χ1v) is 6.76. The highest BCUT2D eigenvalue weighted by atomic mass is 32.2. The maximum atomic E-state index is 11.9. The van der Waals surface area contributed by atoms with Crippen LogP contribution in [0, 0.1) is 0 Å². The molecule has 1 heterocycles. The quantitative estimate of drug-likeness (QED) is 0.726. The van der Waals surface area contributed by atoms with Crippen molar-refractivity contribution >= 4 is 15.5 Å². The van der Waals surface area contributed by atoms with E-state index in [0.29, 0.717) is 11.4 Å². The largest absolute Gasteiger partial charge is 0.373 e. The van der Waals surface area contributed by atoms with Crippen LogP contribution in [0.2, 0.25) is 0 Å². The van der Waals surface area contributed by atoms with Crippen LogP contribution in [0.1, 0.15) is 12.5 Å². The summed E-state index contributed by atoms with van der Waals surface area (Å²) in [5, 5.41) is 0. The highest BCUT2D eigenvalue weighted by Crippen LogP contribution is 2.30. The van der Waals surface area contributed by atoms with E-state index in [2.05, 4.69) is 0 Å². The second-order valence-electron chi connectivity index (χ2n) is 3.90. The average Bonchev–Trinajstić information content (AvgIpc) is 2.24. The molecule has 0 N–H and O–H groups in total. The number of sulfone groups is 1. The molecule has 2 rings (SSSR count). The first-order valence-electron chi connectivity index (χ1n) is 5.11. The Labute approximate surface area is 90.6 Å². The van der Waals surface area contributed by atoms with Crippen molar-refractivity contribution in [2.75, 3.05) is 24.2 Å². The zero-order valence-corrected chi connectivity index (χ0v) is 9.84. The Morgan fingerprint density at radius 1 is 1.40 bits per heavy atom. The van der Waals surface area contributed by atoms with Gasteiger partial charge in [0.05, 0.1) is 16.3 Å². The normalized spacial score (nSPS) is 18.7. The Hall–Kier alpha value is -1.03. The van der Waals surface area contributed by atoms with Gasteiger partial charge in [0.15, 0.2) is 9.84 Å². The molecule has 1 aliphatic rings. The van der Waals surface area contributed by atoms with Gasteiger partial charge in [-0.1, -0.05) is 13.0 Å². The van der Waals surface area contributed by atoms with Gasteiger partial charge in [0.2, 0.25) is 0 Å². The Kier molecular flexibility index (Phi) is 2.46. The van der Waals surface area contributed by atoms with E-state index < -0.39 is 9.84 Å². The van der Waals surface area contributed by atoms with E-state index in [1.807, 2.05) is 31.0 Å². The van der Waals surface area contributed by atoms with Gasteiger partial charge in [0, 0.05) is 13.6 Å². The van der Waals surface area contributed by atoms with Crippen LogP contribution in [-0.2, 0) is 16.3 Å². The summed E-state index contributed by atoms with van der Waals surface area (Å²) >= 11 is 0. The summed E-state index contributed by atoms with van der Waals surface area (Å²) in [4.78, 5) is 2.49. The minimum Gasteiger partial charge on any atom is -0.373 e. The molecule has 0 unspecified atom stereocenters. The lowest BCUT2D eigenvalue weighted by molar-refractivity contribution is 0.591. The molecule has 0 amide bonds. The van der Waals surface area contributed by atoms with Crippen LogP contribution in [0.5, 0.6) is 0 Å². The van der Waals surface area contributed by atoms with Crippen molar-refractivity contribution in [1.82, 2.24) is 0 Å². The van der Waals surface area contributed by atoms with E-state index in [4.69, 9.17) is 0 Å². The van der Waals surface area contributed by atoms with E-state index >= 15 is 0 Å². The SMILES string of the molecule is CCc1ccc2c(c1)S(=O)(=O)CCN2C. The number of fused-ring (bicyclic) bond motifs is 1. The first-order chi connectivity index (χ1) is 7.04. The molecule has 1 aromatic rings. The third-order valence-corrected chi connectivity index (χ3v) is 4.59. The molecule has 3 nitrogen and oxygen atoms in total. The Bertz CT molecular complexity index is 479. The topological polar surface area (TPSA) is 37.4 Å². The van der Waals surface area contributed by atoms with Gasteiger partial charge >= 0.3 is 0 Å². The van der Waals surface area contributed by atoms with Crippen LogP contribution in [0.3, 0.4) is 0 Å². The molecule has 0 spiro atoms. The number of hydrogen-bond acceptors (Lipinski definition) is 3. The molecule has 1 aliphatic heterocycles. The third kappa shape index (κ3) is 1.74. The summed E-state index contributed by atoms with van der Waals surface area (Å²) in [7, 11) is -1.12. The maximum Gasteiger partial charge on any atom is 0.182 e. The Morgan fingerprint density at radius 3 is 2.80 bits per heavy atom. The molecule has 0 aliphatic carbocycles. The zero-order valence-electron chi connectivity index (χ0n) is 9.03. The number of rotatable bonds is 1. The van der Waals surface area contributed by atoms with Gasteiger partial charge in [-0.05, 0) is 24.1 Å². The summed E-state index contributed by atoms with van der Waals surface area (Å²) in [5.74, 6) is 0.226. The lowest BCUT2D eigenvalue weighted by atomic mass is 10.1. The van der Waals surface area contributed by atoms with E-state index in [1.165, 1.54) is 0 Å². The van der Waals surface area contributed by atoms with Crippen molar-refractivity contribution in [3.05, 3.63) is 23.8 Å². The van der Waals surface area contributed by atoms with Gasteiger partial charge < -0.3 is 4.90 Å². The van der Waals surface area contributed by atoms with Crippen molar-refractivity contribution in [3.63, 3.8) is 0 Å². The lowest BCUT2D eigenvalue weighted by Crippen LogP contribution is -2.32. The summed E-state index contributed by atoms with van der Waals surface area (Å²) in [5.41, 5.74) is 1.91. The number of benzene rings is 1. The first kappa shape index (κ1) is 10.5. The molecule has 0 saturated heterocycles. The van der Waals surface area contributed by atoms with Gasteiger partial charge in [-0.2, -0.15) is 0 Å². The molecule has 82 valence electrons. The van der Waals surface area contributed by atoms with Crippen LogP contribution >= 0.6 is 0 Å². The van der Waals surface area contributed by atoms with Crippen LogP contribution in [0.4, 0.5) is 5.69 Å². The van der Waals surface area contributed by atoms with E-state index in [1.54, 1.807) is 6.07 Å². The fraction of sp³-hybridized carbons (Fsp3) is 0.455.